The molecule has 4 rings (SSSR count). The minimum atomic E-state index is -0.566. The predicted octanol–water partition coefficient (Wildman–Crippen LogP) is 1.01. The molecular formula is C21H28N4O3. The van der Waals surface area contributed by atoms with Crippen molar-refractivity contribution in [2.45, 2.75) is 58.3 Å². The van der Waals surface area contributed by atoms with Gasteiger partial charge in [0.2, 0.25) is 11.8 Å². The smallest absolute Gasteiger partial charge is 0.255 e. The Hall–Kier alpha value is -2.25. The van der Waals surface area contributed by atoms with Crippen LogP contribution in [0.1, 0.15) is 54.6 Å². The topological polar surface area (TPSA) is 95.7 Å². The second-order valence-electron chi connectivity index (χ2n) is 8.97. The molecule has 3 amide bonds. The van der Waals surface area contributed by atoms with Crippen molar-refractivity contribution < 1.29 is 14.4 Å². The second-order valence-corrected chi connectivity index (χ2v) is 8.97. The number of nitrogens with zero attached hydrogens (tertiary/aromatic N) is 2. The van der Waals surface area contributed by atoms with E-state index in [0.29, 0.717) is 18.5 Å². The Morgan fingerprint density at radius 1 is 1.25 bits per heavy atom. The van der Waals surface area contributed by atoms with Gasteiger partial charge in [-0.1, -0.05) is 26.0 Å². The molecule has 1 aromatic rings. The van der Waals surface area contributed by atoms with Gasteiger partial charge in [0, 0.05) is 37.7 Å². The number of piperidine rings is 2. The summed E-state index contributed by atoms with van der Waals surface area (Å²) in [5.41, 5.74) is 9.27. The molecule has 0 radical (unpaired) electrons. The minimum absolute atomic E-state index is 0.127. The summed E-state index contributed by atoms with van der Waals surface area (Å²) in [5, 5.41) is 2.34. The molecule has 7 nitrogen and oxygen atoms in total. The molecule has 3 aliphatic heterocycles. The third kappa shape index (κ3) is 3.44. The average Bonchev–Trinajstić information content (AvgIpc) is 2.95. The molecule has 2 unspecified atom stereocenters. The van der Waals surface area contributed by atoms with E-state index in [1.165, 1.54) is 0 Å². The summed E-state index contributed by atoms with van der Waals surface area (Å²) in [4.78, 5) is 40.3. The third-order valence-electron chi connectivity index (χ3n) is 6.53. The number of likely N-dealkylation sites (tertiary alicyclic amines) is 1. The van der Waals surface area contributed by atoms with Gasteiger partial charge in [0.05, 0.1) is 0 Å². The van der Waals surface area contributed by atoms with Gasteiger partial charge in [-0.05, 0) is 42.0 Å². The average molecular weight is 384 g/mol. The summed E-state index contributed by atoms with van der Waals surface area (Å²) in [5.74, 6) is -0.768. The third-order valence-corrected chi connectivity index (χ3v) is 6.53. The Morgan fingerprint density at radius 2 is 2.04 bits per heavy atom. The van der Waals surface area contributed by atoms with E-state index in [1.807, 2.05) is 12.1 Å². The normalized spacial score (nSPS) is 27.7. The molecule has 2 atom stereocenters. The highest BCUT2D eigenvalue weighted by molar-refractivity contribution is 6.05. The molecule has 0 bridgehead atoms. The molecule has 3 aliphatic rings. The van der Waals surface area contributed by atoms with E-state index in [0.717, 1.165) is 37.2 Å². The van der Waals surface area contributed by atoms with Crippen molar-refractivity contribution in [3.8, 4) is 0 Å². The summed E-state index contributed by atoms with van der Waals surface area (Å²) in [6, 6.07) is 5.52. The van der Waals surface area contributed by atoms with Crippen LogP contribution < -0.4 is 11.1 Å². The van der Waals surface area contributed by atoms with E-state index in [4.69, 9.17) is 5.73 Å². The SMILES string of the molecule is CC1(C)CCN(Cc2ccc3c(c2)CN(C2CCC(=O)NC2=O)C3=O)CC1N. The quantitative estimate of drug-likeness (QED) is 0.758. The van der Waals surface area contributed by atoms with Gasteiger partial charge in [-0.2, -0.15) is 0 Å². The maximum Gasteiger partial charge on any atom is 0.255 e. The lowest BCUT2D eigenvalue weighted by Crippen LogP contribution is -2.52. The van der Waals surface area contributed by atoms with Crippen LogP contribution in [0.4, 0.5) is 0 Å². The standard InChI is InChI=1S/C21H28N4O3/c1-21(2)7-8-24(12-17(21)22)10-13-3-4-15-14(9-13)11-25(20(15)28)16-5-6-18(26)23-19(16)27/h3-4,9,16-17H,5-8,10-12,22H2,1-2H3,(H,23,26,27). The molecule has 150 valence electrons. The molecule has 0 saturated carbocycles. The molecule has 2 fully saturated rings. The predicted molar refractivity (Wildman–Crippen MR) is 104 cm³/mol. The summed E-state index contributed by atoms with van der Waals surface area (Å²) in [6.45, 7) is 7.55. The summed E-state index contributed by atoms with van der Waals surface area (Å²) < 4.78 is 0. The zero-order valence-corrected chi connectivity index (χ0v) is 16.5. The Labute approximate surface area is 165 Å². The summed E-state index contributed by atoms with van der Waals surface area (Å²) in [7, 11) is 0. The van der Waals surface area contributed by atoms with Gasteiger partial charge in [0.1, 0.15) is 6.04 Å². The Morgan fingerprint density at radius 3 is 2.75 bits per heavy atom. The van der Waals surface area contributed by atoms with Crippen molar-refractivity contribution >= 4 is 17.7 Å². The van der Waals surface area contributed by atoms with Crippen molar-refractivity contribution in [2.75, 3.05) is 13.1 Å². The molecule has 28 heavy (non-hydrogen) atoms. The van der Waals surface area contributed by atoms with Gasteiger partial charge in [0.15, 0.2) is 0 Å². The Balaban J connectivity index is 1.45. The lowest BCUT2D eigenvalue weighted by molar-refractivity contribution is -0.136. The van der Waals surface area contributed by atoms with Gasteiger partial charge < -0.3 is 10.6 Å². The first kappa shape index (κ1) is 19.1. The first-order chi connectivity index (χ1) is 13.2. The highest BCUT2D eigenvalue weighted by Crippen LogP contribution is 2.31. The van der Waals surface area contributed by atoms with Crippen molar-refractivity contribution in [3.63, 3.8) is 0 Å². The number of imide groups is 1. The lowest BCUT2D eigenvalue weighted by Gasteiger charge is -2.42. The van der Waals surface area contributed by atoms with Gasteiger partial charge in [-0.3, -0.25) is 24.6 Å². The molecule has 1 aromatic carbocycles. The van der Waals surface area contributed by atoms with Gasteiger partial charge in [0.25, 0.3) is 5.91 Å². The summed E-state index contributed by atoms with van der Waals surface area (Å²) >= 11 is 0. The number of carbonyl (C=O) groups is 3. The largest absolute Gasteiger partial charge is 0.326 e. The molecule has 0 aliphatic carbocycles. The van der Waals surface area contributed by atoms with Crippen molar-refractivity contribution in [1.82, 2.24) is 15.1 Å². The number of fused-ring (bicyclic) bond motifs is 1. The minimum Gasteiger partial charge on any atom is -0.326 e. The Bertz CT molecular complexity index is 835. The van der Waals surface area contributed by atoms with E-state index in [-0.39, 0.29) is 35.6 Å². The van der Waals surface area contributed by atoms with Crippen LogP contribution >= 0.6 is 0 Å². The van der Waals surface area contributed by atoms with Crippen LogP contribution in [0.2, 0.25) is 0 Å². The van der Waals surface area contributed by atoms with E-state index >= 15 is 0 Å². The fourth-order valence-corrected chi connectivity index (χ4v) is 4.38. The molecule has 7 heteroatoms. The number of nitrogens with two attached hydrogens (primary N) is 1. The van der Waals surface area contributed by atoms with Crippen LogP contribution in [0.25, 0.3) is 0 Å². The zero-order valence-electron chi connectivity index (χ0n) is 16.5. The van der Waals surface area contributed by atoms with Gasteiger partial charge >= 0.3 is 0 Å². The van der Waals surface area contributed by atoms with Crippen molar-refractivity contribution in [2.24, 2.45) is 11.1 Å². The van der Waals surface area contributed by atoms with Gasteiger partial charge in [-0.15, -0.1) is 0 Å². The highest BCUT2D eigenvalue weighted by atomic mass is 16.2. The van der Waals surface area contributed by atoms with Crippen LogP contribution in [0.3, 0.4) is 0 Å². The van der Waals surface area contributed by atoms with Crippen molar-refractivity contribution in [3.05, 3.63) is 34.9 Å². The maximum atomic E-state index is 12.8. The molecule has 2 saturated heterocycles. The van der Waals surface area contributed by atoms with E-state index in [9.17, 15) is 14.4 Å². The molecule has 0 spiro atoms. The lowest BCUT2D eigenvalue weighted by atomic mass is 9.78. The molecular weight excluding hydrogens is 356 g/mol. The second kappa shape index (κ2) is 6.97. The van der Waals surface area contributed by atoms with Crippen LogP contribution in [-0.4, -0.2) is 52.7 Å². The number of hydrogen-bond donors (Lipinski definition) is 2. The molecule has 3 heterocycles. The highest BCUT2D eigenvalue weighted by Gasteiger charge is 2.39. The van der Waals surface area contributed by atoms with Crippen LogP contribution in [-0.2, 0) is 22.7 Å². The van der Waals surface area contributed by atoms with Crippen LogP contribution in [0.15, 0.2) is 18.2 Å². The number of benzene rings is 1. The number of hydrogen-bond acceptors (Lipinski definition) is 5. The van der Waals surface area contributed by atoms with E-state index < -0.39 is 6.04 Å². The number of nitrogens with one attached hydrogen (secondary N) is 1. The number of carbonyl (C=O) groups excluding carboxylic acids is 3. The first-order valence-electron chi connectivity index (χ1n) is 9.99. The number of rotatable bonds is 3. The van der Waals surface area contributed by atoms with Crippen molar-refractivity contribution in [1.29, 1.82) is 0 Å². The fourth-order valence-electron chi connectivity index (χ4n) is 4.38. The van der Waals surface area contributed by atoms with Crippen LogP contribution in [0, 0.1) is 5.41 Å². The number of amides is 3. The fraction of sp³-hybridized carbons (Fsp3) is 0.571. The van der Waals surface area contributed by atoms with E-state index in [1.54, 1.807) is 4.90 Å². The summed E-state index contributed by atoms with van der Waals surface area (Å²) in [6.07, 6.45) is 1.73. The zero-order chi connectivity index (χ0) is 20.1. The molecule has 3 N–H and O–H groups in total. The monoisotopic (exact) mass is 384 g/mol. The van der Waals surface area contributed by atoms with Crippen LogP contribution in [0.5, 0.6) is 0 Å². The molecule has 0 aromatic heterocycles. The Kier molecular flexibility index (Phi) is 4.75. The maximum absolute atomic E-state index is 12.8. The first-order valence-corrected chi connectivity index (χ1v) is 9.99. The van der Waals surface area contributed by atoms with Gasteiger partial charge in [-0.25, -0.2) is 0 Å². The van der Waals surface area contributed by atoms with E-state index in [2.05, 4.69) is 30.1 Å².